The number of ketones is 1. The van der Waals surface area contributed by atoms with E-state index >= 15 is 0 Å². The van der Waals surface area contributed by atoms with E-state index in [1.54, 1.807) is 36.5 Å². The standard InChI is InChI=1S/C22H18N2O4/c1-12-10-16-18(11-13(12)2)28-22(27)15-7-4-3-6-14(15)19(25)21(16,22)24-9-5-8-17(24)20(23)26/h3-11,27H,1-2H3,(H2,23,26). The Morgan fingerprint density at radius 2 is 1.79 bits per heavy atom. The highest BCUT2D eigenvalue weighted by molar-refractivity contribution is 6.11. The lowest BCUT2D eigenvalue weighted by molar-refractivity contribution is -0.171. The van der Waals surface area contributed by atoms with E-state index < -0.39 is 17.2 Å². The van der Waals surface area contributed by atoms with Crippen LogP contribution in [0.15, 0.2) is 54.7 Å². The second-order valence-corrected chi connectivity index (χ2v) is 7.39. The topological polar surface area (TPSA) is 94.6 Å². The van der Waals surface area contributed by atoms with E-state index in [0.29, 0.717) is 22.4 Å². The molecule has 2 aliphatic rings. The summed E-state index contributed by atoms with van der Waals surface area (Å²) in [5.41, 5.74) is 7.19. The van der Waals surface area contributed by atoms with Crippen LogP contribution in [-0.4, -0.2) is 21.4 Å². The summed E-state index contributed by atoms with van der Waals surface area (Å²) in [5.74, 6) is -2.61. The van der Waals surface area contributed by atoms with Crippen molar-refractivity contribution in [2.75, 3.05) is 0 Å². The number of primary amides is 1. The number of benzene rings is 2. The zero-order valence-corrected chi connectivity index (χ0v) is 15.4. The van der Waals surface area contributed by atoms with E-state index in [0.717, 1.165) is 11.1 Å². The number of hydrogen-bond donors (Lipinski definition) is 2. The van der Waals surface area contributed by atoms with Crippen molar-refractivity contribution in [2.45, 2.75) is 25.2 Å². The average Bonchev–Trinajstić information content (AvgIpc) is 3.28. The van der Waals surface area contributed by atoms with Gasteiger partial charge in [-0.2, -0.15) is 0 Å². The largest absolute Gasteiger partial charge is 0.454 e. The lowest BCUT2D eigenvalue weighted by Gasteiger charge is -2.36. The lowest BCUT2D eigenvalue weighted by atomic mass is 9.81. The Balaban J connectivity index is 1.95. The molecule has 1 amide bonds. The molecule has 0 saturated carbocycles. The summed E-state index contributed by atoms with van der Waals surface area (Å²) < 4.78 is 7.53. The van der Waals surface area contributed by atoms with Crippen molar-refractivity contribution < 1.29 is 19.4 Å². The van der Waals surface area contributed by atoms with Crippen molar-refractivity contribution in [3.8, 4) is 5.75 Å². The Bertz CT molecular complexity index is 1190. The maximum absolute atomic E-state index is 13.8. The monoisotopic (exact) mass is 374 g/mol. The van der Waals surface area contributed by atoms with Gasteiger partial charge in [-0.25, -0.2) is 0 Å². The molecule has 5 rings (SSSR count). The van der Waals surface area contributed by atoms with Crippen LogP contribution in [0.4, 0.5) is 0 Å². The summed E-state index contributed by atoms with van der Waals surface area (Å²) in [7, 11) is 0. The van der Waals surface area contributed by atoms with Gasteiger partial charge in [-0.1, -0.05) is 24.3 Å². The van der Waals surface area contributed by atoms with E-state index in [2.05, 4.69) is 0 Å². The Kier molecular flexibility index (Phi) is 3.06. The van der Waals surface area contributed by atoms with E-state index in [-0.39, 0.29) is 11.5 Å². The van der Waals surface area contributed by atoms with E-state index in [1.807, 2.05) is 26.0 Å². The van der Waals surface area contributed by atoms with Crippen LogP contribution < -0.4 is 10.5 Å². The number of aromatic nitrogens is 1. The average molecular weight is 374 g/mol. The fourth-order valence-corrected chi connectivity index (χ4v) is 4.55. The minimum absolute atomic E-state index is 0.120. The molecule has 0 saturated heterocycles. The maximum Gasteiger partial charge on any atom is 0.271 e. The molecule has 1 aliphatic heterocycles. The molecule has 0 spiro atoms. The molecule has 3 aromatic rings. The molecule has 0 fully saturated rings. The van der Waals surface area contributed by atoms with Crippen molar-refractivity contribution in [1.82, 2.24) is 4.57 Å². The fraction of sp³-hybridized carbons (Fsp3) is 0.182. The molecule has 28 heavy (non-hydrogen) atoms. The minimum Gasteiger partial charge on any atom is -0.454 e. The number of fused-ring (bicyclic) bond motifs is 5. The number of nitrogens with zero attached hydrogens (tertiary/aromatic N) is 1. The summed E-state index contributed by atoms with van der Waals surface area (Å²) in [5, 5.41) is 11.9. The first-order valence-corrected chi connectivity index (χ1v) is 8.97. The molecule has 0 radical (unpaired) electrons. The van der Waals surface area contributed by atoms with Crippen LogP contribution in [-0.2, 0) is 11.3 Å². The van der Waals surface area contributed by atoms with Crippen molar-refractivity contribution in [3.05, 3.63) is 88.2 Å². The first-order chi connectivity index (χ1) is 13.3. The van der Waals surface area contributed by atoms with Crippen LogP contribution >= 0.6 is 0 Å². The number of ether oxygens (including phenoxy) is 1. The number of carbonyl (C=O) groups is 2. The molecule has 2 heterocycles. The lowest BCUT2D eigenvalue weighted by Crippen LogP contribution is -2.54. The number of nitrogens with two attached hydrogens (primary N) is 1. The van der Waals surface area contributed by atoms with Gasteiger partial charge in [-0.3, -0.25) is 9.59 Å². The summed E-state index contributed by atoms with van der Waals surface area (Å²) in [6.45, 7) is 3.86. The molecule has 2 unspecified atom stereocenters. The third-order valence-corrected chi connectivity index (χ3v) is 5.96. The molecular formula is C22H18N2O4. The summed E-state index contributed by atoms with van der Waals surface area (Å²) in [6.07, 6.45) is 1.59. The second-order valence-electron chi connectivity index (χ2n) is 7.39. The van der Waals surface area contributed by atoms with Crippen molar-refractivity contribution in [2.24, 2.45) is 5.73 Å². The molecule has 6 nitrogen and oxygen atoms in total. The third-order valence-electron chi connectivity index (χ3n) is 5.96. The summed E-state index contributed by atoms with van der Waals surface area (Å²) in [6, 6.07) is 13.6. The molecule has 1 aliphatic carbocycles. The van der Waals surface area contributed by atoms with E-state index in [9.17, 15) is 14.7 Å². The molecule has 0 bridgehead atoms. The summed E-state index contributed by atoms with van der Waals surface area (Å²) in [4.78, 5) is 25.9. The number of amides is 1. The van der Waals surface area contributed by atoms with Crippen LogP contribution in [0.25, 0.3) is 0 Å². The van der Waals surface area contributed by atoms with Crippen molar-refractivity contribution >= 4 is 11.7 Å². The number of aryl methyl sites for hydroxylation is 2. The van der Waals surface area contributed by atoms with E-state index in [4.69, 9.17) is 10.5 Å². The number of hydrogen-bond acceptors (Lipinski definition) is 4. The number of rotatable bonds is 2. The third kappa shape index (κ3) is 1.67. The number of Topliss-reactive ketones (excluding diaryl/α,β-unsaturated/α-hetero) is 1. The van der Waals surface area contributed by atoms with Gasteiger partial charge in [0.2, 0.25) is 11.3 Å². The molecule has 140 valence electrons. The van der Waals surface area contributed by atoms with E-state index in [1.165, 1.54) is 10.6 Å². The maximum atomic E-state index is 13.8. The quantitative estimate of drug-likeness (QED) is 0.720. The molecule has 2 atom stereocenters. The Hall–Kier alpha value is -3.38. The van der Waals surface area contributed by atoms with Gasteiger partial charge < -0.3 is 20.1 Å². The van der Waals surface area contributed by atoms with Crippen molar-refractivity contribution in [1.29, 1.82) is 0 Å². The molecule has 2 aromatic carbocycles. The first kappa shape index (κ1) is 16.8. The zero-order valence-electron chi connectivity index (χ0n) is 15.4. The van der Waals surface area contributed by atoms with Gasteiger partial charge in [0.25, 0.3) is 11.7 Å². The Morgan fingerprint density at radius 3 is 2.54 bits per heavy atom. The van der Waals surface area contributed by atoms with Crippen LogP contribution in [0.1, 0.15) is 43.1 Å². The summed E-state index contributed by atoms with van der Waals surface area (Å²) >= 11 is 0. The predicted molar refractivity (Wildman–Crippen MR) is 101 cm³/mol. The first-order valence-electron chi connectivity index (χ1n) is 8.97. The SMILES string of the molecule is Cc1cc2c(cc1C)C1(n3cccc3C(N)=O)C(=O)c3ccccc3C1(O)O2. The van der Waals surface area contributed by atoms with Gasteiger partial charge >= 0.3 is 0 Å². The smallest absolute Gasteiger partial charge is 0.271 e. The number of aliphatic hydroxyl groups is 1. The molecule has 3 N–H and O–H groups in total. The van der Waals surface area contributed by atoms with Crippen LogP contribution in [0, 0.1) is 13.8 Å². The minimum atomic E-state index is -1.99. The highest BCUT2D eigenvalue weighted by atomic mass is 16.6. The van der Waals surface area contributed by atoms with Crippen molar-refractivity contribution in [3.63, 3.8) is 0 Å². The normalized spacial score (nSPS) is 24.5. The Morgan fingerprint density at radius 1 is 1.07 bits per heavy atom. The Labute approximate surface area is 161 Å². The molecular weight excluding hydrogens is 356 g/mol. The van der Waals surface area contributed by atoms with Gasteiger partial charge in [-0.15, -0.1) is 0 Å². The molecule has 6 heteroatoms. The molecule has 1 aromatic heterocycles. The highest BCUT2D eigenvalue weighted by Gasteiger charge is 2.72. The van der Waals surface area contributed by atoms with Crippen LogP contribution in [0.2, 0.25) is 0 Å². The van der Waals surface area contributed by atoms with Gasteiger partial charge in [0, 0.05) is 22.9 Å². The predicted octanol–water partition coefficient (Wildman–Crippen LogP) is 2.38. The second kappa shape index (κ2) is 5.11. The van der Waals surface area contributed by atoms with Gasteiger partial charge in [0.1, 0.15) is 11.4 Å². The van der Waals surface area contributed by atoms with Crippen LogP contribution in [0.3, 0.4) is 0 Å². The van der Waals surface area contributed by atoms with Gasteiger partial charge in [0.05, 0.1) is 0 Å². The van der Waals surface area contributed by atoms with Gasteiger partial charge in [0.15, 0.2) is 0 Å². The zero-order chi connectivity index (χ0) is 19.8. The fourth-order valence-electron chi connectivity index (χ4n) is 4.55. The highest BCUT2D eigenvalue weighted by Crippen LogP contribution is 2.60. The van der Waals surface area contributed by atoms with Gasteiger partial charge in [-0.05, 0) is 49.2 Å². The number of carbonyl (C=O) groups excluding carboxylic acids is 2. The van der Waals surface area contributed by atoms with Crippen LogP contribution in [0.5, 0.6) is 5.75 Å².